The summed E-state index contributed by atoms with van der Waals surface area (Å²) in [5.41, 5.74) is 5.35. The Bertz CT molecular complexity index is 1190. The molecule has 4 aliphatic rings. The van der Waals surface area contributed by atoms with Gasteiger partial charge in [-0.1, -0.05) is 61.0 Å². The van der Waals surface area contributed by atoms with E-state index in [0.29, 0.717) is 11.8 Å². The SMILES string of the molecule is COc1ccccc1[C@@]1(O)CC[C@H]2[C@@H]3CCC4=CC(=O)C(c5ccccc5)CC4=C3CC[C@@]21C. The van der Waals surface area contributed by atoms with Crippen LogP contribution in [0.4, 0.5) is 0 Å². The monoisotopic (exact) mass is 454 g/mol. The van der Waals surface area contributed by atoms with E-state index < -0.39 is 5.60 Å². The van der Waals surface area contributed by atoms with Crippen LogP contribution in [0.3, 0.4) is 0 Å². The van der Waals surface area contributed by atoms with Crippen LogP contribution in [0.15, 0.2) is 77.4 Å². The lowest BCUT2D eigenvalue weighted by Crippen LogP contribution is -2.48. The van der Waals surface area contributed by atoms with Crippen molar-refractivity contribution in [3.05, 3.63) is 88.5 Å². The molecule has 6 rings (SSSR count). The van der Waals surface area contributed by atoms with Crippen molar-refractivity contribution in [1.29, 1.82) is 0 Å². The molecule has 0 aromatic heterocycles. The average molecular weight is 455 g/mol. The van der Waals surface area contributed by atoms with Crippen molar-refractivity contribution in [1.82, 2.24) is 0 Å². The maximum atomic E-state index is 13.0. The molecule has 0 saturated heterocycles. The lowest BCUT2D eigenvalue weighted by Gasteiger charge is -2.52. The number of hydrogen-bond acceptors (Lipinski definition) is 3. The maximum Gasteiger partial charge on any atom is 0.163 e. The van der Waals surface area contributed by atoms with E-state index in [1.807, 2.05) is 42.5 Å². The first-order valence-corrected chi connectivity index (χ1v) is 12.8. The zero-order valence-corrected chi connectivity index (χ0v) is 20.2. The molecule has 3 heteroatoms. The van der Waals surface area contributed by atoms with Crippen LogP contribution in [0.2, 0.25) is 0 Å². The highest BCUT2D eigenvalue weighted by molar-refractivity contribution is 5.98. The van der Waals surface area contributed by atoms with Crippen LogP contribution in [-0.2, 0) is 10.4 Å². The number of ketones is 1. The second-order valence-corrected chi connectivity index (χ2v) is 11.0. The Kier molecular flexibility index (Phi) is 5.11. The number of aliphatic hydroxyl groups is 1. The largest absolute Gasteiger partial charge is 0.496 e. The van der Waals surface area contributed by atoms with Gasteiger partial charge in [0.25, 0.3) is 0 Å². The van der Waals surface area contributed by atoms with Crippen molar-refractivity contribution in [3.8, 4) is 5.75 Å². The molecule has 1 unspecified atom stereocenters. The second-order valence-electron chi connectivity index (χ2n) is 11.0. The fourth-order valence-electron chi connectivity index (χ4n) is 7.95. The van der Waals surface area contributed by atoms with Crippen LogP contribution in [-0.4, -0.2) is 18.0 Å². The molecule has 0 aliphatic heterocycles. The van der Waals surface area contributed by atoms with Crippen molar-refractivity contribution in [2.75, 3.05) is 7.11 Å². The van der Waals surface area contributed by atoms with E-state index in [9.17, 15) is 9.90 Å². The summed E-state index contributed by atoms with van der Waals surface area (Å²) >= 11 is 0. The third-order valence-corrected chi connectivity index (χ3v) is 9.75. The molecule has 3 nitrogen and oxygen atoms in total. The predicted octanol–water partition coefficient (Wildman–Crippen LogP) is 6.48. The first-order valence-electron chi connectivity index (χ1n) is 12.8. The zero-order chi connectivity index (χ0) is 23.5. The smallest absolute Gasteiger partial charge is 0.163 e. The standard InChI is InChI=1S/C31H34O3/c1-30-16-14-22-23(26(30)15-17-31(30,33)27-10-6-7-11-29(27)34-2)13-12-21-18-28(32)25(19-24(21)22)20-8-4-3-5-9-20/h3-11,18,23,25-26,33H,12-17,19H2,1-2H3/t23-,25?,26+,30+,31+/m1/s1. The van der Waals surface area contributed by atoms with Gasteiger partial charge in [0.1, 0.15) is 5.75 Å². The molecule has 0 heterocycles. The van der Waals surface area contributed by atoms with Gasteiger partial charge in [-0.05, 0) is 85.6 Å². The summed E-state index contributed by atoms with van der Waals surface area (Å²) in [5, 5.41) is 12.2. The lowest BCUT2D eigenvalue weighted by molar-refractivity contribution is -0.116. The Hall–Kier alpha value is -2.65. The van der Waals surface area contributed by atoms with Gasteiger partial charge in [0, 0.05) is 11.0 Å². The summed E-state index contributed by atoms with van der Waals surface area (Å²) in [6.07, 6.45) is 8.66. The van der Waals surface area contributed by atoms with Gasteiger partial charge in [0.15, 0.2) is 5.78 Å². The highest BCUT2D eigenvalue weighted by Crippen LogP contribution is 2.67. The maximum absolute atomic E-state index is 13.0. The van der Waals surface area contributed by atoms with E-state index >= 15 is 0 Å². The average Bonchev–Trinajstić information content (AvgIpc) is 3.15. The Labute approximate surface area is 202 Å². The summed E-state index contributed by atoms with van der Waals surface area (Å²) in [6, 6.07) is 18.3. The highest BCUT2D eigenvalue weighted by Gasteiger charge is 2.62. The lowest BCUT2D eigenvalue weighted by atomic mass is 9.54. The molecule has 176 valence electrons. The first-order chi connectivity index (χ1) is 16.5. The molecule has 1 N–H and O–H groups in total. The van der Waals surface area contributed by atoms with E-state index in [1.165, 1.54) is 11.1 Å². The topological polar surface area (TPSA) is 46.5 Å². The molecule has 2 saturated carbocycles. The van der Waals surface area contributed by atoms with E-state index in [0.717, 1.165) is 61.8 Å². The summed E-state index contributed by atoms with van der Waals surface area (Å²) < 4.78 is 5.68. The summed E-state index contributed by atoms with van der Waals surface area (Å²) in [6.45, 7) is 2.32. The number of allylic oxidation sites excluding steroid dienone is 4. The van der Waals surface area contributed by atoms with Crippen LogP contribution in [0, 0.1) is 17.3 Å². The van der Waals surface area contributed by atoms with Crippen LogP contribution in [0.5, 0.6) is 5.75 Å². The Balaban J connectivity index is 1.37. The zero-order valence-electron chi connectivity index (χ0n) is 20.2. The highest BCUT2D eigenvalue weighted by atomic mass is 16.5. The van der Waals surface area contributed by atoms with Crippen molar-refractivity contribution in [3.63, 3.8) is 0 Å². The number of para-hydroxylation sites is 1. The van der Waals surface area contributed by atoms with Gasteiger partial charge in [0.05, 0.1) is 18.6 Å². The first kappa shape index (κ1) is 21.9. The Morgan fingerprint density at radius 3 is 2.53 bits per heavy atom. The van der Waals surface area contributed by atoms with Crippen molar-refractivity contribution >= 4 is 5.78 Å². The van der Waals surface area contributed by atoms with Gasteiger partial charge >= 0.3 is 0 Å². The van der Waals surface area contributed by atoms with Crippen molar-refractivity contribution < 1.29 is 14.6 Å². The molecule has 0 bridgehead atoms. The molecule has 2 fully saturated rings. The molecular formula is C31H34O3. The third kappa shape index (κ3) is 3.02. The molecule has 5 atom stereocenters. The minimum Gasteiger partial charge on any atom is -0.496 e. The van der Waals surface area contributed by atoms with Gasteiger partial charge in [0.2, 0.25) is 0 Å². The number of hydrogen-bond donors (Lipinski definition) is 1. The Morgan fingerprint density at radius 2 is 1.74 bits per heavy atom. The molecule has 2 aromatic rings. The number of ether oxygens (including phenoxy) is 1. The number of methoxy groups -OCH3 is 1. The van der Waals surface area contributed by atoms with Gasteiger partial charge < -0.3 is 9.84 Å². The molecular weight excluding hydrogens is 420 g/mol. The Morgan fingerprint density at radius 1 is 0.971 bits per heavy atom. The van der Waals surface area contributed by atoms with Crippen LogP contribution in [0.25, 0.3) is 0 Å². The number of benzene rings is 2. The fourth-order valence-corrected chi connectivity index (χ4v) is 7.95. The van der Waals surface area contributed by atoms with E-state index in [-0.39, 0.29) is 17.1 Å². The van der Waals surface area contributed by atoms with Crippen LogP contribution in [0.1, 0.15) is 68.9 Å². The van der Waals surface area contributed by atoms with Crippen molar-refractivity contribution in [2.45, 2.75) is 63.4 Å². The summed E-state index contributed by atoms with van der Waals surface area (Å²) in [4.78, 5) is 13.0. The number of fused-ring (bicyclic) bond motifs is 4. The van der Waals surface area contributed by atoms with E-state index in [2.05, 4.69) is 25.1 Å². The molecule has 34 heavy (non-hydrogen) atoms. The number of carbonyl (C=O) groups is 1. The van der Waals surface area contributed by atoms with E-state index in [1.54, 1.807) is 12.7 Å². The quantitative estimate of drug-likeness (QED) is 0.577. The van der Waals surface area contributed by atoms with Crippen LogP contribution >= 0.6 is 0 Å². The normalized spacial score (nSPS) is 34.7. The van der Waals surface area contributed by atoms with Gasteiger partial charge in [-0.15, -0.1) is 0 Å². The molecule has 0 radical (unpaired) electrons. The minimum absolute atomic E-state index is 0.0615. The van der Waals surface area contributed by atoms with Gasteiger partial charge in [-0.3, -0.25) is 4.79 Å². The summed E-state index contributed by atoms with van der Waals surface area (Å²) in [7, 11) is 1.70. The van der Waals surface area contributed by atoms with Crippen LogP contribution < -0.4 is 4.74 Å². The fraction of sp³-hybridized carbons (Fsp3) is 0.452. The second kappa shape index (κ2) is 7.95. The molecule has 4 aliphatic carbocycles. The predicted molar refractivity (Wildman–Crippen MR) is 134 cm³/mol. The minimum atomic E-state index is -0.869. The third-order valence-electron chi connectivity index (χ3n) is 9.75. The van der Waals surface area contributed by atoms with Gasteiger partial charge in [-0.2, -0.15) is 0 Å². The van der Waals surface area contributed by atoms with Gasteiger partial charge in [-0.25, -0.2) is 0 Å². The van der Waals surface area contributed by atoms with E-state index in [4.69, 9.17) is 4.74 Å². The number of rotatable bonds is 3. The number of carbonyl (C=O) groups excluding carboxylic acids is 1. The molecule has 2 aromatic carbocycles. The summed E-state index contributed by atoms with van der Waals surface area (Å²) in [5.74, 6) is 1.94. The molecule has 0 amide bonds. The van der Waals surface area contributed by atoms with Crippen molar-refractivity contribution in [2.24, 2.45) is 17.3 Å². The molecule has 0 spiro atoms.